The van der Waals surface area contributed by atoms with Crippen molar-refractivity contribution in [1.29, 1.82) is 0 Å². The molecule has 1 N–H and O–H groups in total. The lowest BCUT2D eigenvalue weighted by Gasteiger charge is -2.10. The first-order valence-corrected chi connectivity index (χ1v) is 7.45. The van der Waals surface area contributed by atoms with Crippen molar-refractivity contribution in [3.8, 4) is 5.75 Å². The van der Waals surface area contributed by atoms with Crippen LogP contribution in [0.5, 0.6) is 5.75 Å². The first-order chi connectivity index (χ1) is 10.7. The molecule has 1 fully saturated rings. The maximum Gasteiger partial charge on any atom is 0.118 e. The molecule has 124 valence electrons. The smallest absolute Gasteiger partial charge is 0.118 e. The summed E-state index contributed by atoms with van der Waals surface area (Å²) in [6.07, 6.45) is 3.49. The Hall–Kier alpha value is -1.62. The number of ether oxygens (including phenoxy) is 3. The van der Waals surface area contributed by atoms with Crippen molar-refractivity contribution >= 4 is 0 Å². The highest BCUT2D eigenvalue weighted by Crippen LogP contribution is 2.12. The summed E-state index contributed by atoms with van der Waals surface area (Å²) in [5.74, 6) is 0.821. The average Bonchev–Trinajstić information content (AvgIpc) is 3.43. The second kappa shape index (κ2) is 13.1. The fraction of sp³-hybridized carbons (Fsp3) is 0.444. The fourth-order valence-electron chi connectivity index (χ4n) is 1.31. The molecule has 0 aromatic heterocycles. The van der Waals surface area contributed by atoms with E-state index in [-0.39, 0.29) is 12.7 Å². The molecule has 0 aliphatic carbocycles. The van der Waals surface area contributed by atoms with Crippen LogP contribution in [-0.4, -0.2) is 37.6 Å². The molecule has 1 aliphatic rings. The van der Waals surface area contributed by atoms with E-state index in [4.69, 9.17) is 19.3 Å². The SMILES string of the molecule is C=CC(CO)OCc1ccc(OC)cc1.C=CC1CO1.CC. The van der Waals surface area contributed by atoms with E-state index >= 15 is 0 Å². The Balaban J connectivity index is 0.000000522. The van der Waals surface area contributed by atoms with Crippen LogP contribution in [0.3, 0.4) is 0 Å². The highest BCUT2D eigenvalue weighted by atomic mass is 16.6. The van der Waals surface area contributed by atoms with Crippen LogP contribution >= 0.6 is 0 Å². The highest BCUT2D eigenvalue weighted by molar-refractivity contribution is 5.26. The van der Waals surface area contributed by atoms with Crippen molar-refractivity contribution in [2.75, 3.05) is 20.3 Å². The molecule has 1 saturated heterocycles. The summed E-state index contributed by atoms with van der Waals surface area (Å²) >= 11 is 0. The molecule has 0 radical (unpaired) electrons. The van der Waals surface area contributed by atoms with Gasteiger partial charge in [-0.2, -0.15) is 0 Å². The molecule has 4 heteroatoms. The minimum Gasteiger partial charge on any atom is -0.497 e. The van der Waals surface area contributed by atoms with E-state index in [2.05, 4.69) is 13.2 Å². The third-order valence-electron chi connectivity index (χ3n) is 2.69. The quantitative estimate of drug-likeness (QED) is 0.620. The molecule has 0 bridgehead atoms. The van der Waals surface area contributed by atoms with Crippen LogP contribution < -0.4 is 4.74 Å². The third kappa shape index (κ3) is 9.34. The molecule has 1 aromatic rings. The summed E-state index contributed by atoms with van der Waals surface area (Å²) in [6, 6.07) is 7.60. The molecule has 1 aliphatic heterocycles. The standard InChI is InChI=1S/C12H16O3.C4H6O.C2H6/c1-3-11(8-13)15-9-10-4-6-12(14-2)7-5-10;1-2-4-3-5-4;1-2/h3-7,11,13H,1,8-9H2,2H3;2,4H,1,3H2;1-2H3. The summed E-state index contributed by atoms with van der Waals surface area (Å²) in [6.45, 7) is 12.4. The van der Waals surface area contributed by atoms with Crippen molar-refractivity contribution < 1.29 is 19.3 Å². The maximum absolute atomic E-state index is 8.87. The van der Waals surface area contributed by atoms with Crippen molar-refractivity contribution in [1.82, 2.24) is 0 Å². The summed E-state index contributed by atoms with van der Waals surface area (Å²) < 4.78 is 15.2. The van der Waals surface area contributed by atoms with E-state index in [0.717, 1.165) is 17.9 Å². The molecule has 2 atom stereocenters. The first kappa shape index (κ1) is 20.4. The Morgan fingerprint density at radius 3 is 2.23 bits per heavy atom. The Morgan fingerprint density at radius 2 is 1.91 bits per heavy atom. The Kier molecular flexibility index (Phi) is 12.1. The second-order valence-corrected chi connectivity index (χ2v) is 4.22. The van der Waals surface area contributed by atoms with Crippen LogP contribution in [0.15, 0.2) is 49.6 Å². The first-order valence-electron chi connectivity index (χ1n) is 7.45. The largest absolute Gasteiger partial charge is 0.497 e. The molecule has 1 aromatic carbocycles. The van der Waals surface area contributed by atoms with Gasteiger partial charge in [-0.15, -0.1) is 13.2 Å². The van der Waals surface area contributed by atoms with Gasteiger partial charge in [-0.05, 0) is 17.7 Å². The van der Waals surface area contributed by atoms with Crippen LogP contribution in [0.1, 0.15) is 19.4 Å². The lowest BCUT2D eigenvalue weighted by molar-refractivity contribution is 0.0323. The topological polar surface area (TPSA) is 51.2 Å². The summed E-state index contributed by atoms with van der Waals surface area (Å²) in [5.41, 5.74) is 1.04. The molecule has 1 heterocycles. The van der Waals surface area contributed by atoms with Gasteiger partial charge in [0, 0.05) is 0 Å². The van der Waals surface area contributed by atoms with Gasteiger partial charge < -0.3 is 19.3 Å². The van der Waals surface area contributed by atoms with Crippen molar-refractivity contribution in [3.05, 3.63) is 55.1 Å². The average molecular weight is 308 g/mol. The Labute approximate surface area is 134 Å². The van der Waals surface area contributed by atoms with Crippen molar-refractivity contribution in [3.63, 3.8) is 0 Å². The van der Waals surface area contributed by atoms with Gasteiger partial charge in [0.15, 0.2) is 0 Å². The summed E-state index contributed by atoms with van der Waals surface area (Å²) in [5, 5.41) is 8.87. The monoisotopic (exact) mass is 308 g/mol. The predicted octanol–water partition coefficient (Wildman–Crippen LogP) is 3.36. The number of hydrogen-bond donors (Lipinski definition) is 1. The molecule has 0 spiro atoms. The zero-order valence-electron chi connectivity index (χ0n) is 13.8. The highest BCUT2D eigenvalue weighted by Gasteiger charge is 2.16. The third-order valence-corrected chi connectivity index (χ3v) is 2.69. The van der Waals surface area contributed by atoms with Gasteiger partial charge in [0.25, 0.3) is 0 Å². The number of benzene rings is 1. The van der Waals surface area contributed by atoms with Gasteiger partial charge in [0.1, 0.15) is 5.75 Å². The van der Waals surface area contributed by atoms with Gasteiger partial charge in [-0.3, -0.25) is 0 Å². The van der Waals surface area contributed by atoms with Gasteiger partial charge >= 0.3 is 0 Å². The molecular formula is C18H28O4. The van der Waals surface area contributed by atoms with Crippen LogP contribution in [0, 0.1) is 0 Å². The van der Waals surface area contributed by atoms with Gasteiger partial charge in [-0.25, -0.2) is 0 Å². The van der Waals surface area contributed by atoms with E-state index in [1.165, 1.54) is 0 Å². The van der Waals surface area contributed by atoms with E-state index in [9.17, 15) is 0 Å². The Morgan fingerprint density at radius 1 is 1.32 bits per heavy atom. The molecule has 2 rings (SSSR count). The molecule has 2 unspecified atom stereocenters. The number of rotatable bonds is 7. The van der Waals surface area contributed by atoms with E-state index in [0.29, 0.717) is 12.7 Å². The van der Waals surface area contributed by atoms with E-state index in [1.807, 2.05) is 38.1 Å². The lowest BCUT2D eigenvalue weighted by atomic mass is 10.2. The summed E-state index contributed by atoms with van der Waals surface area (Å²) in [4.78, 5) is 0. The molecule has 22 heavy (non-hydrogen) atoms. The normalized spacial score (nSPS) is 16.1. The fourth-order valence-corrected chi connectivity index (χ4v) is 1.31. The number of methoxy groups -OCH3 is 1. The number of aliphatic hydroxyl groups excluding tert-OH is 1. The van der Waals surface area contributed by atoms with Crippen molar-refractivity contribution in [2.45, 2.75) is 32.7 Å². The number of epoxide rings is 1. The van der Waals surface area contributed by atoms with Crippen LogP contribution in [0.25, 0.3) is 0 Å². The molecular weight excluding hydrogens is 280 g/mol. The maximum atomic E-state index is 8.87. The number of hydrogen-bond acceptors (Lipinski definition) is 4. The second-order valence-electron chi connectivity index (χ2n) is 4.22. The minimum atomic E-state index is -0.299. The van der Waals surface area contributed by atoms with Crippen LogP contribution in [0.4, 0.5) is 0 Å². The minimum absolute atomic E-state index is 0.0420. The van der Waals surface area contributed by atoms with Gasteiger partial charge in [0.2, 0.25) is 0 Å². The Bertz CT molecular complexity index is 396. The van der Waals surface area contributed by atoms with Crippen LogP contribution in [0.2, 0.25) is 0 Å². The zero-order valence-corrected chi connectivity index (χ0v) is 13.8. The zero-order chi connectivity index (χ0) is 16.8. The van der Waals surface area contributed by atoms with Gasteiger partial charge in [0.05, 0.1) is 39.1 Å². The van der Waals surface area contributed by atoms with Gasteiger partial charge in [-0.1, -0.05) is 38.1 Å². The summed E-state index contributed by atoms with van der Waals surface area (Å²) in [7, 11) is 1.63. The molecule has 0 amide bonds. The van der Waals surface area contributed by atoms with Crippen LogP contribution in [-0.2, 0) is 16.1 Å². The van der Waals surface area contributed by atoms with E-state index < -0.39 is 0 Å². The van der Waals surface area contributed by atoms with E-state index in [1.54, 1.807) is 19.3 Å². The lowest BCUT2D eigenvalue weighted by Crippen LogP contribution is -2.13. The molecule has 0 saturated carbocycles. The number of aliphatic hydroxyl groups is 1. The molecule has 4 nitrogen and oxygen atoms in total. The predicted molar refractivity (Wildman–Crippen MR) is 90.1 cm³/mol. The van der Waals surface area contributed by atoms with Crippen molar-refractivity contribution in [2.24, 2.45) is 0 Å².